The maximum absolute atomic E-state index is 12.5. The lowest BCUT2D eigenvalue weighted by atomic mass is 10.1. The summed E-state index contributed by atoms with van der Waals surface area (Å²) in [6.07, 6.45) is 0. The number of halogens is 1. The lowest BCUT2D eigenvalue weighted by Gasteiger charge is -2.31. The first-order chi connectivity index (χ1) is 14.5. The fraction of sp³-hybridized carbons (Fsp3) is 0.190. The first-order valence-corrected chi connectivity index (χ1v) is 9.82. The zero-order chi connectivity index (χ0) is 21.3. The minimum atomic E-state index is -0.640. The van der Waals surface area contributed by atoms with Crippen molar-refractivity contribution < 1.29 is 23.8 Å². The molecule has 9 heteroatoms. The number of imidazole rings is 1. The van der Waals surface area contributed by atoms with Crippen LogP contribution in [0.2, 0.25) is 0 Å². The van der Waals surface area contributed by atoms with Crippen molar-refractivity contribution in [3.8, 4) is 11.4 Å². The molecule has 0 unspecified atom stereocenters. The Morgan fingerprint density at radius 2 is 1.83 bits per heavy atom. The Hall–Kier alpha value is -3.17. The van der Waals surface area contributed by atoms with Crippen LogP contribution in [0.15, 0.2) is 58.2 Å². The van der Waals surface area contributed by atoms with E-state index in [1.54, 1.807) is 11.0 Å². The Labute approximate surface area is 180 Å². The summed E-state index contributed by atoms with van der Waals surface area (Å²) in [4.78, 5) is 34.1. The van der Waals surface area contributed by atoms with E-state index in [0.717, 1.165) is 26.9 Å². The number of nitrogens with one attached hydrogen (secondary N) is 1. The molecule has 0 bridgehead atoms. The van der Waals surface area contributed by atoms with Gasteiger partial charge in [0.2, 0.25) is 0 Å². The number of nitrogens with zero attached hydrogens (tertiary/aromatic N) is 2. The molecule has 0 aliphatic carbocycles. The summed E-state index contributed by atoms with van der Waals surface area (Å²) in [6.45, 7) is 0.0533. The molecule has 1 N–H and O–H groups in total. The quantitative estimate of drug-likeness (QED) is 0.582. The second-order valence-corrected chi connectivity index (χ2v) is 7.43. The first kappa shape index (κ1) is 20.1. The number of fused-ring (bicyclic) bond motifs is 1. The Bertz CT molecular complexity index is 1150. The number of hydrogen-bond donors (Lipinski definition) is 1. The van der Waals surface area contributed by atoms with Gasteiger partial charge >= 0.3 is 11.9 Å². The van der Waals surface area contributed by atoms with Crippen molar-refractivity contribution in [2.45, 2.75) is 0 Å². The molecule has 3 aromatic rings. The Morgan fingerprint density at radius 3 is 2.53 bits per heavy atom. The lowest BCUT2D eigenvalue weighted by Crippen LogP contribution is -2.38. The molecule has 0 spiro atoms. The van der Waals surface area contributed by atoms with Crippen molar-refractivity contribution in [2.24, 2.45) is 0 Å². The van der Waals surface area contributed by atoms with Crippen LogP contribution in [-0.4, -0.2) is 49.5 Å². The normalized spacial score (nSPS) is 14.2. The zero-order valence-corrected chi connectivity index (χ0v) is 17.9. The van der Waals surface area contributed by atoms with E-state index in [2.05, 4.69) is 25.9 Å². The molecule has 0 atom stereocenters. The van der Waals surface area contributed by atoms with Gasteiger partial charge in [-0.15, -0.1) is 0 Å². The second kappa shape index (κ2) is 8.29. The molecule has 0 radical (unpaired) electrons. The standard InChI is InChI=1S/C21H18BrN3O5/c1-28-20(26)15-10-30-11-25(18(15)21(27)29-2)14-7-8-16-17(9-14)24-19(23-16)12-3-5-13(22)6-4-12/h3-9H,10-11H2,1-2H3,(H,23,24). The minimum Gasteiger partial charge on any atom is -0.466 e. The summed E-state index contributed by atoms with van der Waals surface area (Å²) in [6, 6.07) is 13.3. The van der Waals surface area contributed by atoms with Crippen LogP contribution in [-0.2, 0) is 23.8 Å². The molecule has 2 heterocycles. The number of aromatic nitrogens is 2. The number of H-pyrrole nitrogens is 1. The molecule has 0 saturated carbocycles. The van der Waals surface area contributed by atoms with Crippen LogP contribution >= 0.6 is 15.9 Å². The number of methoxy groups -OCH3 is 2. The molecular formula is C21H18BrN3O5. The summed E-state index contributed by atoms with van der Waals surface area (Å²) in [5.41, 5.74) is 3.35. The molecule has 2 aromatic carbocycles. The van der Waals surface area contributed by atoms with Gasteiger partial charge in [0.15, 0.2) is 0 Å². The van der Waals surface area contributed by atoms with E-state index in [-0.39, 0.29) is 24.6 Å². The molecular weight excluding hydrogens is 454 g/mol. The van der Waals surface area contributed by atoms with Crippen molar-refractivity contribution in [2.75, 3.05) is 32.5 Å². The largest absolute Gasteiger partial charge is 0.466 e. The van der Waals surface area contributed by atoms with Crippen LogP contribution in [0, 0.1) is 0 Å². The van der Waals surface area contributed by atoms with E-state index >= 15 is 0 Å². The maximum atomic E-state index is 12.5. The number of carbonyl (C=O) groups is 2. The lowest BCUT2D eigenvalue weighted by molar-refractivity contribution is -0.140. The third kappa shape index (κ3) is 3.69. The highest BCUT2D eigenvalue weighted by Crippen LogP contribution is 2.30. The minimum absolute atomic E-state index is 0.0341. The van der Waals surface area contributed by atoms with E-state index in [9.17, 15) is 9.59 Å². The van der Waals surface area contributed by atoms with Crippen molar-refractivity contribution >= 4 is 44.6 Å². The van der Waals surface area contributed by atoms with Gasteiger partial charge in [-0.05, 0) is 30.3 Å². The number of aromatic amines is 1. The fourth-order valence-electron chi connectivity index (χ4n) is 3.26. The number of esters is 2. The van der Waals surface area contributed by atoms with Crippen LogP contribution < -0.4 is 4.90 Å². The molecule has 0 amide bonds. The number of anilines is 1. The van der Waals surface area contributed by atoms with Gasteiger partial charge in [0.1, 0.15) is 18.3 Å². The van der Waals surface area contributed by atoms with Crippen LogP contribution in [0.25, 0.3) is 22.4 Å². The van der Waals surface area contributed by atoms with E-state index in [1.165, 1.54) is 14.2 Å². The summed E-state index contributed by atoms with van der Waals surface area (Å²) in [5, 5.41) is 0. The summed E-state index contributed by atoms with van der Waals surface area (Å²) in [7, 11) is 2.52. The summed E-state index contributed by atoms with van der Waals surface area (Å²) < 4.78 is 16.2. The van der Waals surface area contributed by atoms with Gasteiger partial charge in [-0.2, -0.15) is 0 Å². The van der Waals surface area contributed by atoms with Gasteiger partial charge in [0, 0.05) is 15.7 Å². The van der Waals surface area contributed by atoms with Crippen LogP contribution in [0.1, 0.15) is 0 Å². The molecule has 1 aromatic heterocycles. The van der Waals surface area contributed by atoms with Crippen LogP contribution in [0.4, 0.5) is 5.69 Å². The summed E-state index contributed by atoms with van der Waals surface area (Å²) >= 11 is 3.43. The van der Waals surface area contributed by atoms with Gasteiger partial charge in [-0.3, -0.25) is 0 Å². The van der Waals surface area contributed by atoms with Gasteiger partial charge in [0.25, 0.3) is 0 Å². The molecule has 1 aliphatic rings. The van der Waals surface area contributed by atoms with Crippen molar-refractivity contribution in [1.82, 2.24) is 9.97 Å². The van der Waals surface area contributed by atoms with Crippen LogP contribution in [0.3, 0.4) is 0 Å². The first-order valence-electron chi connectivity index (χ1n) is 9.02. The van der Waals surface area contributed by atoms with Gasteiger partial charge in [-0.25, -0.2) is 14.6 Å². The molecule has 0 saturated heterocycles. The monoisotopic (exact) mass is 471 g/mol. The third-order valence-corrected chi connectivity index (χ3v) is 5.26. The predicted molar refractivity (Wildman–Crippen MR) is 114 cm³/mol. The number of ether oxygens (including phenoxy) is 3. The van der Waals surface area contributed by atoms with Gasteiger partial charge < -0.3 is 24.1 Å². The van der Waals surface area contributed by atoms with Gasteiger partial charge in [0.05, 0.1) is 37.4 Å². The molecule has 8 nitrogen and oxygen atoms in total. The average Bonchev–Trinajstić information content (AvgIpc) is 3.21. The van der Waals surface area contributed by atoms with E-state index in [0.29, 0.717) is 5.69 Å². The Morgan fingerprint density at radius 1 is 1.10 bits per heavy atom. The average molecular weight is 472 g/mol. The van der Waals surface area contributed by atoms with Crippen molar-refractivity contribution in [1.29, 1.82) is 0 Å². The highest BCUT2D eigenvalue weighted by molar-refractivity contribution is 9.10. The number of benzene rings is 2. The number of hydrogen-bond acceptors (Lipinski definition) is 7. The highest BCUT2D eigenvalue weighted by Gasteiger charge is 2.32. The SMILES string of the molecule is COC(=O)C1=C(C(=O)OC)N(c2ccc3nc(-c4ccc(Br)cc4)[nH]c3c2)COC1. The van der Waals surface area contributed by atoms with Crippen LogP contribution in [0.5, 0.6) is 0 Å². The smallest absolute Gasteiger partial charge is 0.355 e. The third-order valence-electron chi connectivity index (χ3n) is 4.73. The fourth-order valence-corrected chi connectivity index (χ4v) is 3.52. The molecule has 30 heavy (non-hydrogen) atoms. The molecule has 0 fully saturated rings. The van der Waals surface area contributed by atoms with Crippen molar-refractivity contribution in [3.05, 3.63) is 58.2 Å². The molecule has 1 aliphatic heterocycles. The predicted octanol–water partition coefficient (Wildman–Crippen LogP) is 3.39. The summed E-state index contributed by atoms with van der Waals surface area (Å²) in [5.74, 6) is -0.553. The Kier molecular flexibility index (Phi) is 5.56. The number of carbonyl (C=O) groups excluding carboxylic acids is 2. The van der Waals surface area contributed by atoms with Crippen molar-refractivity contribution in [3.63, 3.8) is 0 Å². The highest BCUT2D eigenvalue weighted by atomic mass is 79.9. The topological polar surface area (TPSA) is 93.8 Å². The van der Waals surface area contributed by atoms with E-state index in [1.807, 2.05) is 36.4 Å². The van der Waals surface area contributed by atoms with Gasteiger partial charge in [-0.1, -0.05) is 28.1 Å². The molecule has 4 rings (SSSR count). The number of rotatable bonds is 4. The Balaban J connectivity index is 1.76. The van der Waals surface area contributed by atoms with E-state index in [4.69, 9.17) is 14.2 Å². The molecule has 154 valence electrons. The zero-order valence-electron chi connectivity index (χ0n) is 16.3. The second-order valence-electron chi connectivity index (χ2n) is 6.51. The van der Waals surface area contributed by atoms with E-state index < -0.39 is 11.9 Å². The maximum Gasteiger partial charge on any atom is 0.355 e.